The van der Waals surface area contributed by atoms with E-state index in [1.54, 1.807) is 36.4 Å². The van der Waals surface area contributed by atoms with Gasteiger partial charge in [-0.3, -0.25) is 4.79 Å². The highest BCUT2D eigenvalue weighted by atomic mass is 19.1. The molecule has 120 valence electrons. The first kappa shape index (κ1) is 16.7. The van der Waals surface area contributed by atoms with Gasteiger partial charge < -0.3 is 10.1 Å². The molecule has 0 aliphatic heterocycles. The van der Waals surface area contributed by atoms with Crippen LogP contribution in [0.3, 0.4) is 0 Å². The summed E-state index contributed by atoms with van der Waals surface area (Å²) < 4.78 is 17.5. The average molecular weight is 315 g/mol. The zero-order valence-electron chi connectivity index (χ0n) is 12.8. The number of amides is 1. The van der Waals surface area contributed by atoms with E-state index in [2.05, 4.69) is 10.1 Å². The monoisotopic (exact) mass is 315 g/mol. The van der Waals surface area contributed by atoms with E-state index < -0.39 is 5.97 Å². The summed E-state index contributed by atoms with van der Waals surface area (Å²) in [6.45, 7) is 0. The van der Waals surface area contributed by atoms with Crippen molar-refractivity contribution in [3.05, 3.63) is 65.5 Å². The molecule has 0 fully saturated rings. The molecular weight excluding hydrogens is 297 g/mol. The number of hydrogen-bond acceptors (Lipinski definition) is 3. The van der Waals surface area contributed by atoms with Crippen LogP contribution in [0.15, 0.2) is 48.5 Å². The van der Waals surface area contributed by atoms with E-state index in [0.29, 0.717) is 30.5 Å². The van der Waals surface area contributed by atoms with Crippen LogP contribution < -0.4 is 5.32 Å². The number of hydrogen-bond donors (Lipinski definition) is 1. The number of para-hydroxylation sites is 1. The second-order valence-electron chi connectivity index (χ2n) is 5.07. The molecule has 0 atom stereocenters. The fourth-order valence-electron chi connectivity index (χ4n) is 2.20. The maximum atomic E-state index is 12.8. The van der Waals surface area contributed by atoms with Gasteiger partial charge in [0.05, 0.1) is 18.4 Å². The lowest BCUT2D eigenvalue weighted by Crippen LogP contribution is -2.15. The minimum Gasteiger partial charge on any atom is -0.465 e. The van der Waals surface area contributed by atoms with Gasteiger partial charge in [-0.2, -0.15) is 0 Å². The summed E-state index contributed by atoms with van der Waals surface area (Å²) in [7, 11) is 1.30. The van der Waals surface area contributed by atoms with E-state index in [9.17, 15) is 14.0 Å². The zero-order chi connectivity index (χ0) is 16.7. The lowest BCUT2D eigenvalue weighted by Gasteiger charge is -2.09. The summed E-state index contributed by atoms with van der Waals surface area (Å²) in [5.41, 5.74) is 1.74. The van der Waals surface area contributed by atoms with Gasteiger partial charge in [0.1, 0.15) is 5.82 Å². The summed E-state index contributed by atoms with van der Waals surface area (Å²) in [5.74, 6) is -0.943. The Bertz CT molecular complexity index is 683. The summed E-state index contributed by atoms with van der Waals surface area (Å²) in [6.07, 6.45) is 1.64. The molecule has 4 nitrogen and oxygen atoms in total. The summed E-state index contributed by atoms with van der Waals surface area (Å²) in [5, 5.41) is 2.72. The van der Waals surface area contributed by atoms with Crippen LogP contribution in [0.25, 0.3) is 0 Å². The number of carbonyl (C=O) groups is 2. The van der Waals surface area contributed by atoms with Gasteiger partial charge in [-0.05, 0) is 42.7 Å². The SMILES string of the molecule is COC(=O)c1ccccc1NC(=O)CCCc1ccc(F)cc1. The number of halogens is 1. The highest BCUT2D eigenvalue weighted by Gasteiger charge is 2.12. The van der Waals surface area contributed by atoms with Crippen LogP contribution in [0.1, 0.15) is 28.8 Å². The lowest BCUT2D eigenvalue weighted by molar-refractivity contribution is -0.116. The molecule has 2 aromatic rings. The third-order valence-corrected chi connectivity index (χ3v) is 3.39. The number of aryl methyl sites for hydroxylation is 1. The number of nitrogens with one attached hydrogen (secondary N) is 1. The average Bonchev–Trinajstić information content (AvgIpc) is 2.56. The molecule has 0 aliphatic carbocycles. The number of methoxy groups -OCH3 is 1. The molecule has 5 heteroatoms. The number of benzene rings is 2. The predicted octanol–water partition coefficient (Wildman–Crippen LogP) is 3.57. The molecule has 0 bridgehead atoms. The minimum atomic E-state index is -0.493. The molecule has 0 heterocycles. The predicted molar refractivity (Wildman–Crippen MR) is 85.7 cm³/mol. The van der Waals surface area contributed by atoms with E-state index in [0.717, 1.165) is 5.56 Å². The Kier molecular flexibility index (Phi) is 5.86. The first-order valence-electron chi connectivity index (χ1n) is 7.32. The summed E-state index contributed by atoms with van der Waals surface area (Å²) in [4.78, 5) is 23.6. The number of rotatable bonds is 6. The Balaban J connectivity index is 1.88. The third-order valence-electron chi connectivity index (χ3n) is 3.39. The Morgan fingerprint density at radius 3 is 2.48 bits per heavy atom. The molecule has 2 aromatic carbocycles. The van der Waals surface area contributed by atoms with E-state index in [1.807, 2.05) is 0 Å². The van der Waals surface area contributed by atoms with Crippen LogP contribution in [-0.4, -0.2) is 19.0 Å². The third kappa shape index (κ3) is 4.92. The van der Waals surface area contributed by atoms with Gasteiger partial charge in [-0.25, -0.2) is 9.18 Å². The second kappa shape index (κ2) is 8.08. The topological polar surface area (TPSA) is 55.4 Å². The van der Waals surface area contributed by atoms with Crippen molar-refractivity contribution in [3.8, 4) is 0 Å². The van der Waals surface area contributed by atoms with Crippen molar-refractivity contribution in [2.75, 3.05) is 12.4 Å². The van der Waals surface area contributed by atoms with Crippen molar-refractivity contribution < 1.29 is 18.7 Å². The number of anilines is 1. The van der Waals surface area contributed by atoms with E-state index >= 15 is 0 Å². The van der Waals surface area contributed by atoms with E-state index in [1.165, 1.54) is 19.2 Å². The van der Waals surface area contributed by atoms with Crippen LogP contribution in [0.4, 0.5) is 10.1 Å². The molecule has 0 saturated heterocycles. The first-order chi connectivity index (χ1) is 11.1. The highest BCUT2D eigenvalue weighted by molar-refractivity contribution is 6.01. The van der Waals surface area contributed by atoms with Crippen LogP contribution in [0.5, 0.6) is 0 Å². The van der Waals surface area contributed by atoms with Gasteiger partial charge in [0.25, 0.3) is 0 Å². The van der Waals surface area contributed by atoms with E-state index in [4.69, 9.17) is 0 Å². The summed E-state index contributed by atoms with van der Waals surface area (Å²) >= 11 is 0. The molecule has 23 heavy (non-hydrogen) atoms. The normalized spacial score (nSPS) is 10.2. The quantitative estimate of drug-likeness (QED) is 0.829. The molecule has 0 spiro atoms. The van der Waals surface area contributed by atoms with Crippen molar-refractivity contribution in [1.82, 2.24) is 0 Å². The van der Waals surface area contributed by atoms with E-state index in [-0.39, 0.29) is 11.7 Å². The Labute approximate surface area is 134 Å². The number of ether oxygens (including phenoxy) is 1. The largest absolute Gasteiger partial charge is 0.465 e. The van der Waals surface area contributed by atoms with Gasteiger partial charge in [-0.1, -0.05) is 24.3 Å². The van der Waals surface area contributed by atoms with Gasteiger partial charge in [-0.15, -0.1) is 0 Å². The van der Waals surface area contributed by atoms with Gasteiger partial charge >= 0.3 is 5.97 Å². The van der Waals surface area contributed by atoms with Crippen molar-refractivity contribution in [3.63, 3.8) is 0 Å². The summed E-state index contributed by atoms with van der Waals surface area (Å²) in [6, 6.07) is 12.9. The van der Waals surface area contributed by atoms with Crippen molar-refractivity contribution in [2.24, 2.45) is 0 Å². The number of carbonyl (C=O) groups excluding carboxylic acids is 2. The van der Waals surface area contributed by atoms with Gasteiger partial charge in [0.15, 0.2) is 0 Å². The molecule has 0 unspecified atom stereocenters. The molecule has 1 amide bonds. The Morgan fingerprint density at radius 2 is 1.78 bits per heavy atom. The minimum absolute atomic E-state index is 0.177. The highest BCUT2D eigenvalue weighted by Crippen LogP contribution is 2.16. The molecule has 0 radical (unpaired) electrons. The van der Waals surface area contributed by atoms with Crippen LogP contribution in [0.2, 0.25) is 0 Å². The maximum absolute atomic E-state index is 12.8. The van der Waals surface area contributed by atoms with Crippen LogP contribution in [-0.2, 0) is 16.0 Å². The molecule has 0 aromatic heterocycles. The Hall–Kier alpha value is -2.69. The Morgan fingerprint density at radius 1 is 1.09 bits per heavy atom. The number of esters is 1. The molecule has 1 N–H and O–H groups in total. The van der Waals surface area contributed by atoms with Crippen LogP contribution in [0, 0.1) is 5.82 Å². The van der Waals surface area contributed by atoms with Gasteiger partial charge in [0, 0.05) is 6.42 Å². The maximum Gasteiger partial charge on any atom is 0.339 e. The fraction of sp³-hybridized carbons (Fsp3) is 0.222. The standard InChI is InChI=1S/C18H18FNO3/c1-23-18(22)15-6-2-3-7-16(15)20-17(21)8-4-5-13-9-11-14(19)12-10-13/h2-3,6-7,9-12H,4-5,8H2,1H3,(H,20,21). The molecular formula is C18H18FNO3. The smallest absolute Gasteiger partial charge is 0.339 e. The van der Waals surface area contributed by atoms with Crippen molar-refractivity contribution >= 4 is 17.6 Å². The fourth-order valence-corrected chi connectivity index (χ4v) is 2.20. The zero-order valence-corrected chi connectivity index (χ0v) is 12.8. The molecule has 2 rings (SSSR count). The van der Waals surface area contributed by atoms with Crippen molar-refractivity contribution in [2.45, 2.75) is 19.3 Å². The van der Waals surface area contributed by atoms with Crippen molar-refractivity contribution in [1.29, 1.82) is 0 Å². The van der Waals surface area contributed by atoms with Gasteiger partial charge in [0.2, 0.25) is 5.91 Å². The molecule has 0 aliphatic rings. The molecule has 0 saturated carbocycles. The second-order valence-corrected chi connectivity index (χ2v) is 5.07. The van der Waals surface area contributed by atoms with Crippen LogP contribution >= 0.6 is 0 Å². The first-order valence-corrected chi connectivity index (χ1v) is 7.32. The lowest BCUT2D eigenvalue weighted by atomic mass is 10.1.